The zero-order chi connectivity index (χ0) is 17.2. The molecule has 1 aromatic rings. The maximum Gasteiger partial charge on any atom is 0.509 e. The summed E-state index contributed by atoms with van der Waals surface area (Å²) < 4.78 is 25.9. The van der Waals surface area contributed by atoms with Gasteiger partial charge in [-0.05, 0) is 31.4 Å². The molecule has 0 aliphatic carbocycles. The molecule has 1 fully saturated rings. The molecule has 0 spiro atoms. The van der Waals surface area contributed by atoms with E-state index in [0.29, 0.717) is 5.75 Å². The Labute approximate surface area is 142 Å². The largest absolute Gasteiger partial charge is 0.509 e. The molecule has 0 saturated carbocycles. The minimum absolute atomic E-state index is 0.200. The van der Waals surface area contributed by atoms with Crippen molar-refractivity contribution < 1.29 is 28.5 Å². The van der Waals surface area contributed by atoms with Gasteiger partial charge < -0.3 is 23.7 Å². The lowest BCUT2D eigenvalue weighted by Gasteiger charge is -2.21. The van der Waals surface area contributed by atoms with Crippen molar-refractivity contribution in [3.63, 3.8) is 0 Å². The quantitative estimate of drug-likeness (QED) is 0.609. The molecule has 6 heteroatoms. The van der Waals surface area contributed by atoms with Crippen molar-refractivity contribution in [2.75, 3.05) is 27.4 Å². The first-order chi connectivity index (χ1) is 11.7. The molecule has 2 atom stereocenters. The van der Waals surface area contributed by atoms with Gasteiger partial charge in [0.25, 0.3) is 0 Å². The molecule has 0 bridgehead atoms. The van der Waals surface area contributed by atoms with Gasteiger partial charge in [0.05, 0.1) is 14.2 Å². The summed E-state index contributed by atoms with van der Waals surface area (Å²) in [6.45, 7) is 0.930. The lowest BCUT2D eigenvalue weighted by atomic mass is 10.1. The van der Waals surface area contributed by atoms with Gasteiger partial charge in [-0.25, -0.2) is 4.79 Å². The van der Waals surface area contributed by atoms with Crippen LogP contribution >= 0.6 is 0 Å². The molecule has 0 radical (unpaired) electrons. The Hall–Kier alpha value is -2.23. The van der Waals surface area contributed by atoms with Gasteiger partial charge in [0.15, 0.2) is 12.4 Å². The third-order valence-electron chi connectivity index (χ3n) is 3.51. The molecular formula is C18H22O6. The van der Waals surface area contributed by atoms with Crippen molar-refractivity contribution in [1.82, 2.24) is 0 Å². The number of carbonyl (C=O) groups excluding carboxylic acids is 1. The normalized spacial score (nSPS) is 18.0. The van der Waals surface area contributed by atoms with E-state index in [-0.39, 0.29) is 12.9 Å². The maximum absolute atomic E-state index is 11.4. The van der Waals surface area contributed by atoms with Crippen LogP contribution in [0.5, 0.6) is 5.75 Å². The Kier molecular flexibility index (Phi) is 7.40. The summed E-state index contributed by atoms with van der Waals surface area (Å²) in [6.07, 6.45) is 1.31. The highest BCUT2D eigenvalue weighted by Gasteiger charge is 2.15. The number of carbonyl (C=O) groups is 1. The predicted octanol–water partition coefficient (Wildman–Crippen LogP) is 3.07. The summed E-state index contributed by atoms with van der Waals surface area (Å²) in [5.74, 6) is 6.47. The van der Waals surface area contributed by atoms with Gasteiger partial charge in [0.2, 0.25) is 0 Å². The van der Waals surface area contributed by atoms with E-state index < -0.39 is 12.3 Å². The smallest absolute Gasteiger partial charge is 0.497 e. The highest BCUT2D eigenvalue weighted by molar-refractivity contribution is 5.60. The van der Waals surface area contributed by atoms with Crippen LogP contribution < -0.4 is 4.74 Å². The number of hydrogen-bond acceptors (Lipinski definition) is 6. The number of benzene rings is 1. The van der Waals surface area contributed by atoms with Gasteiger partial charge in [-0.2, -0.15) is 0 Å². The van der Waals surface area contributed by atoms with Gasteiger partial charge >= 0.3 is 6.16 Å². The Balaban J connectivity index is 1.97. The van der Waals surface area contributed by atoms with Crippen LogP contribution in [0.25, 0.3) is 0 Å². The summed E-state index contributed by atoms with van der Waals surface area (Å²) >= 11 is 0. The highest BCUT2D eigenvalue weighted by atomic mass is 16.7. The van der Waals surface area contributed by atoms with Crippen LogP contribution in [0.1, 0.15) is 30.9 Å². The van der Waals surface area contributed by atoms with Crippen LogP contribution in [0.3, 0.4) is 0 Å². The van der Waals surface area contributed by atoms with Gasteiger partial charge in [-0.1, -0.05) is 24.0 Å². The van der Waals surface area contributed by atoms with E-state index in [9.17, 15) is 4.79 Å². The third kappa shape index (κ3) is 5.76. The molecule has 1 aliphatic heterocycles. The molecule has 0 amide bonds. The Morgan fingerprint density at radius 1 is 1.29 bits per heavy atom. The van der Waals surface area contributed by atoms with Crippen LogP contribution in [0.4, 0.5) is 4.79 Å². The number of ether oxygens (including phenoxy) is 5. The van der Waals surface area contributed by atoms with Crippen molar-refractivity contribution in [3.05, 3.63) is 29.8 Å². The fraction of sp³-hybridized carbons (Fsp3) is 0.500. The lowest BCUT2D eigenvalue weighted by Crippen LogP contribution is -2.22. The van der Waals surface area contributed by atoms with Gasteiger partial charge in [0.1, 0.15) is 12.4 Å². The minimum atomic E-state index is -0.790. The zero-order valence-electron chi connectivity index (χ0n) is 13.9. The second-order valence-electron chi connectivity index (χ2n) is 5.15. The fourth-order valence-electron chi connectivity index (χ4n) is 2.22. The highest BCUT2D eigenvalue weighted by Crippen LogP contribution is 2.21. The van der Waals surface area contributed by atoms with Crippen LogP contribution in [0.2, 0.25) is 0 Å². The van der Waals surface area contributed by atoms with E-state index >= 15 is 0 Å². The van der Waals surface area contributed by atoms with Crippen molar-refractivity contribution in [2.45, 2.75) is 31.7 Å². The zero-order valence-corrected chi connectivity index (χ0v) is 13.9. The van der Waals surface area contributed by atoms with Crippen LogP contribution in [-0.4, -0.2) is 39.9 Å². The van der Waals surface area contributed by atoms with Crippen molar-refractivity contribution >= 4 is 6.16 Å². The summed E-state index contributed by atoms with van der Waals surface area (Å²) in [6, 6.07) is 7.12. The van der Waals surface area contributed by atoms with E-state index in [1.165, 1.54) is 7.11 Å². The molecule has 2 unspecified atom stereocenters. The van der Waals surface area contributed by atoms with E-state index in [1.54, 1.807) is 31.4 Å². The number of hydrogen-bond donors (Lipinski definition) is 0. The number of methoxy groups -OCH3 is 2. The number of rotatable bonds is 5. The van der Waals surface area contributed by atoms with Gasteiger partial charge in [-0.3, -0.25) is 0 Å². The SMILES string of the molecule is COC(=O)OC(C#CCOC1CCCCO1)c1ccc(OC)cc1. The molecule has 6 nitrogen and oxygen atoms in total. The summed E-state index contributed by atoms with van der Waals surface area (Å²) in [7, 11) is 2.84. The molecule has 1 heterocycles. The van der Waals surface area contributed by atoms with E-state index in [4.69, 9.17) is 18.9 Å². The Morgan fingerprint density at radius 3 is 2.71 bits per heavy atom. The molecule has 24 heavy (non-hydrogen) atoms. The fourth-order valence-corrected chi connectivity index (χ4v) is 2.22. The van der Waals surface area contributed by atoms with Crippen LogP contribution in [0.15, 0.2) is 24.3 Å². The lowest BCUT2D eigenvalue weighted by molar-refractivity contribution is -0.154. The third-order valence-corrected chi connectivity index (χ3v) is 3.51. The monoisotopic (exact) mass is 334 g/mol. The maximum atomic E-state index is 11.4. The summed E-state index contributed by atoms with van der Waals surface area (Å²) in [5, 5.41) is 0. The molecule has 0 N–H and O–H groups in total. The van der Waals surface area contributed by atoms with E-state index in [2.05, 4.69) is 16.6 Å². The minimum Gasteiger partial charge on any atom is -0.497 e. The Bertz CT molecular complexity index is 565. The first-order valence-corrected chi connectivity index (χ1v) is 7.83. The first kappa shape index (κ1) is 18.1. The molecule has 2 rings (SSSR count). The average molecular weight is 334 g/mol. The van der Waals surface area contributed by atoms with Crippen molar-refractivity contribution in [2.24, 2.45) is 0 Å². The molecule has 0 aromatic heterocycles. The first-order valence-electron chi connectivity index (χ1n) is 7.83. The van der Waals surface area contributed by atoms with Crippen LogP contribution in [-0.2, 0) is 18.9 Å². The Morgan fingerprint density at radius 2 is 2.08 bits per heavy atom. The molecule has 1 aliphatic rings. The van der Waals surface area contributed by atoms with Gasteiger partial charge in [0, 0.05) is 12.2 Å². The van der Waals surface area contributed by atoms with E-state index in [0.717, 1.165) is 31.4 Å². The van der Waals surface area contributed by atoms with Crippen LogP contribution in [0, 0.1) is 11.8 Å². The van der Waals surface area contributed by atoms with E-state index in [1.807, 2.05) is 0 Å². The molecular weight excluding hydrogens is 312 g/mol. The van der Waals surface area contributed by atoms with Crippen molar-refractivity contribution in [3.8, 4) is 17.6 Å². The topological polar surface area (TPSA) is 63.2 Å². The van der Waals surface area contributed by atoms with Gasteiger partial charge in [-0.15, -0.1) is 0 Å². The second-order valence-corrected chi connectivity index (χ2v) is 5.15. The van der Waals surface area contributed by atoms with Crippen molar-refractivity contribution in [1.29, 1.82) is 0 Å². The summed E-state index contributed by atoms with van der Waals surface area (Å²) in [4.78, 5) is 11.4. The predicted molar refractivity (Wildman–Crippen MR) is 86.5 cm³/mol. The summed E-state index contributed by atoms with van der Waals surface area (Å²) in [5.41, 5.74) is 0.725. The second kappa shape index (κ2) is 9.81. The average Bonchev–Trinajstić information content (AvgIpc) is 2.65. The molecule has 130 valence electrons. The standard InChI is InChI=1S/C18H22O6/c1-20-15-10-8-14(9-11-15)16(24-18(19)21-2)6-5-13-23-17-7-3-4-12-22-17/h8-11,16-17H,3-4,7,12-13H2,1-2H3. The molecule has 1 saturated heterocycles. The molecule has 1 aromatic carbocycles.